The van der Waals surface area contributed by atoms with E-state index in [-0.39, 0.29) is 29.8 Å². The number of aromatic nitrogens is 1. The molecule has 4 aromatic rings. The van der Waals surface area contributed by atoms with E-state index in [1.165, 1.54) is 0 Å². The fraction of sp³-hybridized carbons (Fsp3) is 0.211. The van der Waals surface area contributed by atoms with Crippen molar-refractivity contribution >= 4 is 23.4 Å². The lowest BCUT2D eigenvalue weighted by Gasteiger charge is -2.37. The smallest absolute Gasteiger partial charge is 0.255 e. The van der Waals surface area contributed by atoms with E-state index in [0.29, 0.717) is 52.6 Å². The molecule has 0 bridgehead atoms. The minimum absolute atomic E-state index is 0.0145. The number of carbonyl (C=O) groups is 3. The predicted molar refractivity (Wildman–Crippen MR) is 179 cm³/mol. The number of nitrogens with zero attached hydrogens (tertiary/aromatic N) is 1. The van der Waals surface area contributed by atoms with Crippen molar-refractivity contribution in [2.24, 2.45) is 5.73 Å². The van der Waals surface area contributed by atoms with Crippen LogP contribution in [0.25, 0.3) is 0 Å². The topological polar surface area (TPSA) is 133 Å². The SMILES string of the molecule is COc1ccc([C@H]2C(C(=O)Nc3ccc(C)cn3)=C(C)NC3=C2C(=O)C[C@H](c2ccccc2)C3)cc1COc1ccccc1C(N)=O. The number of methoxy groups -OCH3 is 1. The summed E-state index contributed by atoms with van der Waals surface area (Å²) in [4.78, 5) is 44.6. The summed E-state index contributed by atoms with van der Waals surface area (Å²) in [5.74, 6) is -0.310. The van der Waals surface area contributed by atoms with Crippen molar-refractivity contribution in [1.82, 2.24) is 10.3 Å². The molecule has 0 saturated carbocycles. The Labute approximate surface area is 273 Å². The van der Waals surface area contributed by atoms with Crippen LogP contribution in [-0.2, 0) is 16.2 Å². The van der Waals surface area contributed by atoms with Crippen LogP contribution in [0.3, 0.4) is 0 Å². The molecule has 0 spiro atoms. The molecule has 47 heavy (non-hydrogen) atoms. The number of aryl methyl sites for hydroxylation is 1. The van der Waals surface area contributed by atoms with Gasteiger partial charge in [-0.05, 0) is 73.2 Å². The molecular formula is C38H36N4O5. The molecule has 9 nitrogen and oxygen atoms in total. The van der Waals surface area contributed by atoms with Crippen LogP contribution in [0.4, 0.5) is 5.82 Å². The Morgan fingerprint density at radius 2 is 1.70 bits per heavy atom. The van der Waals surface area contributed by atoms with Crippen LogP contribution in [0.5, 0.6) is 11.5 Å². The number of allylic oxidation sites excluding steroid dienone is 3. The molecule has 3 aromatic carbocycles. The van der Waals surface area contributed by atoms with E-state index >= 15 is 0 Å². The molecule has 9 heteroatoms. The van der Waals surface area contributed by atoms with Crippen LogP contribution in [0, 0.1) is 6.92 Å². The first-order valence-corrected chi connectivity index (χ1v) is 15.4. The Morgan fingerprint density at radius 1 is 0.936 bits per heavy atom. The third kappa shape index (κ3) is 6.51. The van der Waals surface area contributed by atoms with Crippen molar-refractivity contribution in [3.05, 3.63) is 141 Å². The van der Waals surface area contributed by atoms with Gasteiger partial charge in [0.25, 0.3) is 11.8 Å². The van der Waals surface area contributed by atoms with Gasteiger partial charge in [-0.2, -0.15) is 0 Å². The lowest BCUT2D eigenvalue weighted by molar-refractivity contribution is -0.116. The monoisotopic (exact) mass is 628 g/mol. The zero-order valence-corrected chi connectivity index (χ0v) is 26.5. The lowest BCUT2D eigenvalue weighted by atomic mass is 9.71. The molecule has 1 aliphatic heterocycles. The highest BCUT2D eigenvalue weighted by atomic mass is 16.5. The fourth-order valence-electron chi connectivity index (χ4n) is 6.40. The first kappa shape index (κ1) is 31.3. The summed E-state index contributed by atoms with van der Waals surface area (Å²) in [6.45, 7) is 3.84. The molecule has 0 unspecified atom stereocenters. The summed E-state index contributed by atoms with van der Waals surface area (Å²) in [6, 6.07) is 26.0. The molecule has 2 aliphatic rings. The van der Waals surface area contributed by atoms with Gasteiger partial charge in [0.2, 0.25) is 0 Å². The van der Waals surface area contributed by atoms with E-state index in [0.717, 1.165) is 22.4 Å². The number of nitrogens with two attached hydrogens (primary N) is 1. The lowest BCUT2D eigenvalue weighted by Crippen LogP contribution is -2.37. The quantitative estimate of drug-likeness (QED) is 0.205. The number of hydrogen-bond acceptors (Lipinski definition) is 7. The number of anilines is 1. The third-order valence-electron chi connectivity index (χ3n) is 8.67. The van der Waals surface area contributed by atoms with Crippen LogP contribution >= 0.6 is 0 Å². The number of nitrogens with one attached hydrogen (secondary N) is 2. The van der Waals surface area contributed by atoms with Gasteiger partial charge in [0.15, 0.2) is 5.78 Å². The number of hydrogen-bond donors (Lipinski definition) is 3. The highest BCUT2D eigenvalue weighted by Gasteiger charge is 2.41. The maximum absolute atomic E-state index is 14.1. The Hall–Kier alpha value is -5.70. The van der Waals surface area contributed by atoms with Gasteiger partial charge in [0.1, 0.15) is 23.9 Å². The molecular weight excluding hydrogens is 592 g/mol. The minimum atomic E-state index is -0.663. The van der Waals surface area contributed by atoms with Gasteiger partial charge in [-0.25, -0.2) is 4.98 Å². The highest BCUT2D eigenvalue weighted by molar-refractivity contribution is 6.09. The number of benzene rings is 3. The summed E-state index contributed by atoms with van der Waals surface area (Å²) in [5, 5.41) is 6.38. The largest absolute Gasteiger partial charge is 0.496 e. The summed E-state index contributed by atoms with van der Waals surface area (Å²) in [6.07, 6.45) is 2.64. The second-order valence-electron chi connectivity index (χ2n) is 11.8. The van der Waals surface area contributed by atoms with E-state index in [1.807, 2.05) is 68.4 Å². The maximum Gasteiger partial charge on any atom is 0.255 e. The van der Waals surface area contributed by atoms with Crippen molar-refractivity contribution in [3.8, 4) is 11.5 Å². The van der Waals surface area contributed by atoms with Gasteiger partial charge in [-0.1, -0.05) is 54.6 Å². The minimum Gasteiger partial charge on any atom is -0.496 e. The summed E-state index contributed by atoms with van der Waals surface area (Å²) in [5.41, 5.74) is 11.8. The van der Waals surface area contributed by atoms with E-state index in [2.05, 4.69) is 15.6 Å². The molecule has 2 atom stereocenters. The average molecular weight is 629 g/mol. The standard InChI is InChI=1S/C38H36N4O5/c1-22-13-16-33(40-20-22)42-38(45)34-23(2)41-29-18-26(24-9-5-4-6-10-24)19-30(43)36(29)35(34)25-14-15-31(46-3)27(17-25)21-47-32-12-8-7-11-28(32)37(39)44/h4-17,20,26,35,41H,18-19,21H2,1-3H3,(H2,39,44)(H,40,42,45)/t26-,35+/m1/s1. The van der Waals surface area contributed by atoms with Crippen LogP contribution in [0.1, 0.15) is 64.2 Å². The number of dihydropyridines is 1. The number of amides is 2. The Balaban J connectivity index is 1.41. The first-order valence-electron chi connectivity index (χ1n) is 15.4. The van der Waals surface area contributed by atoms with Crippen molar-refractivity contribution in [2.75, 3.05) is 12.4 Å². The van der Waals surface area contributed by atoms with Gasteiger partial charge >= 0.3 is 0 Å². The summed E-state index contributed by atoms with van der Waals surface area (Å²) >= 11 is 0. The van der Waals surface area contributed by atoms with Gasteiger partial charge in [-0.3, -0.25) is 14.4 Å². The van der Waals surface area contributed by atoms with Gasteiger partial charge in [0, 0.05) is 46.6 Å². The normalized spacial score (nSPS) is 17.5. The predicted octanol–water partition coefficient (Wildman–Crippen LogP) is 6.08. The van der Waals surface area contributed by atoms with Crippen LogP contribution in [0.15, 0.2) is 114 Å². The molecule has 2 amide bonds. The second kappa shape index (κ2) is 13.3. The molecule has 0 fully saturated rings. The number of ether oxygens (including phenoxy) is 2. The molecule has 0 saturated heterocycles. The fourth-order valence-corrected chi connectivity index (χ4v) is 6.40. The molecule has 238 valence electrons. The molecule has 1 aliphatic carbocycles. The molecule has 0 radical (unpaired) electrons. The van der Waals surface area contributed by atoms with E-state index < -0.39 is 11.8 Å². The Morgan fingerprint density at radius 3 is 2.43 bits per heavy atom. The van der Waals surface area contributed by atoms with Gasteiger partial charge in [-0.15, -0.1) is 0 Å². The Kier molecular flexibility index (Phi) is 8.88. The summed E-state index contributed by atoms with van der Waals surface area (Å²) in [7, 11) is 1.56. The zero-order chi connectivity index (χ0) is 33.1. The van der Waals surface area contributed by atoms with Crippen molar-refractivity contribution in [3.63, 3.8) is 0 Å². The number of ketones is 1. The zero-order valence-electron chi connectivity index (χ0n) is 26.5. The first-order chi connectivity index (χ1) is 22.7. The number of para-hydroxylation sites is 1. The average Bonchev–Trinajstić information content (AvgIpc) is 3.08. The summed E-state index contributed by atoms with van der Waals surface area (Å²) < 4.78 is 11.7. The van der Waals surface area contributed by atoms with Gasteiger partial charge in [0.05, 0.1) is 12.7 Å². The molecule has 2 heterocycles. The number of rotatable bonds is 9. The van der Waals surface area contributed by atoms with Crippen LogP contribution in [-0.4, -0.2) is 29.7 Å². The van der Waals surface area contributed by atoms with E-state index in [9.17, 15) is 14.4 Å². The highest BCUT2D eigenvalue weighted by Crippen LogP contribution is 2.46. The second-order valence-corrected chi connectivity index (χ2v) is 11.8. The van der Waals surface area contributed by atoms with Crippen LogP contribution < -0.4 is 25.8 Å². The maximum atomic E-state index is 14.1. The van der Waals surface area contributed by atoms with E-state index in [4.69, 9.17) is 15.2 Å². The number of carbonyl (C=O) groups excluding carboxylic acids is 3. The molecule has 6 rings (SSSR count). The van der Waals surface area contributed by atoms with Gasteiger partial charge < -0.3 is 25.8 Å². The number of Topliss-reactive ketones (excluding diaryl/α,β-unsaturated/α-hetero) is 1. The number of pyridine rings is 1. The van der Waals surface area contributed by atoms with Crippen molar-refractivity contribution in [1.29, 1.82) is 0 Å². The third-order valence-corrected chi connectivity index (χ3v) is 8.67. The Bertz CT molecular complexity index is 1910. The number of primary amides is 1. The molecule has 4 N–H and O–H groups in total. The van der Waals surface area contributed by atoms with E-state index in [1.54, 1.807) is 43.6 Å². The van der Waals surface area contributed by atoms with Crippen molar-refractivity contribution < 1.29 is 23.9 Å². The molecule has 1 aromatic heterocycles. The van der Waals surface area contributed by atoms with Crippen molar-refractivity contribution in [2.45, 2.75) is 45.1 Å². The van der Waals surface area contributed by atoms with Crippen LogP contribution in [0.2, 0.25) is 0 Å².